The van der Waals surface area contributed by atoms with Gasteiger partial charge in [0.2, 0.25) is 6.41 Å². The number of carbonyl (C=O) groups is 1. The Morgan fingerprint density at radius 1 is 1.44 bits per heavy atom. The fraction of sp³-hybridized carbons (Fsp3) is 0.455. The zero-order valence-electron chi connectivity index (χ0n) is 9.23. The zero-order valence-corrected chi connectivity index (χ0v) is 9.23. The van der Waals surface area contributed by atoms with Crippen LogP contribution in [0.2, 0.25) is 0 Å². The third-order valence-corrected chi connectivity index (χ3v) is 2.33. The number of hydrogen-bond donors (Lipinski definition) is 3. The first-order valence-corrected chi connectivity index (χ1v) is 5.40. The summed E-state index contributed by atoms with van der Waals surface area (Å²) in [6, 6.07) is 5.85. The smallest absolute Gasteiger partial charge is 0.207 e. The van der Waals surface area contributed by atoms with Crippen molar-refractivity contribution in [1.29, 1.82) is 0 Å². The summed E-state index contributed by atoms with van der Waals surface area (Å²) in [5.41, 5.74) is 5.25. The number of carbonyl (C=O) groups excluding carboxylic acids is 1. The van der Waals surface area contributed by atoms with E-state index in [1.165, 1.54) is 0 Å². The second kappa shape index (κ2) is 7.64. The van der Waals surface area contributed by atoms with Crippen LogP contribution in [0.5, 0.6) is 0 Å². The Balaban J connectivity index is 0.000000165. The van der Waals surface area contributed by atoms with Crippen LogP contribution in [0, 0.1) is 0 Å². The van der Waals surface area contributed by atoms with Gasteiger partial charge in [-0.3, -0.25) is 4.79 Å². The van der Waals surface area contributed by atoms with E-state index >= 15 is 0 Å². The van der Waals surface area contributed by atoms with Crippen molar-refractivity contribution in [3.8, 4) is 0 Å². The summed E-state index contributed by atoms with van der Waals surface area (Å²) in [6.45, 7) is 2.07. The van der Waals surface area contributed by atoms with Crippen LogP contribution < -0.4 is 16.4 Å². The predicted molar refractivity (Wildman–Crippen MR) is 63.7 cm³/mol. The second-order valence-electron chi connectivity index (χ2n) is 3.56. The molecule has 4 N–H and O–H groups in total. The van der Waals surface area contributed by atoms with E-state index in [9.17, 15) is 4.79 Å². The number of piperidine rings is 1. The van der Waals surface area contributed by atoms with Crippen molar-refractivity contribution in [3.63, 3.8) is 0 Å². The van der Waals surface area contributed by atoms with Gasteiger partial charge in [0.15, 0.2) is 0 Å². The lowest BCUT2D eigenvalue weighted by Gasteiger charge is -2.21. The molecule has 1 aliphatic rings. The van der Waals surface area contributed by atoms with Gasteiger partial charge in [-0.1, -0.05) is 6.07 Å². The van der Waals surface area contributed by atoms with Crippen molar-refractivity contribution in [2.45, 2.75) is 18.9 Å². The largest absolute Gasteiger partial charge is 0.384 e. The quantitative estimate of drug-likeness (QED) is 0.622. The maximum atomic E-state index is 9.94. The average molecular weight is 222 g/mol. The number of nitrogens with two attached hydrogens (primary N) is 1. The molecule has 0 bridgehead atoms. The van der Waals surface area contributed by atoms with E-state index in [0.717, 1.165) is 32.3 Å². The lowest BCUT2D eigenvalue weighted by Crippen LogP contribution is -2.39. The summed E-state index contributed by atoms with van der Waals surface area (Å²) in [7, 11) is 0. The van der Waals surface area contributed by atoms with Crippen molar-refractivity contribution in [1.82, 2.24) is 15.6 Å². The Labute approximate surface area is 95.4 Å². The first-order chi connectivity index (χ1) is 7.83. The number of nitrogens with one attached hydrogen (secondary N) is 2. The third-order valence-electron chi connectivity index (χ3n) is 2.33. The second-order valence-corrected chi connectivity index (χ2v) is 3.56. The third kappa shape index (κ3) is 5.31. The molecule has 5 heteroatoms. The summed E-state index contributed by atoms with van der Waals surface area (Å²) in [5.74, 6) is 0.572. The monoisotopic (exact) mass is 222 g/mol. The minimum absolute atomic E-state index is 0.420. The Hall–Kier alpha value is -1.62. The molecule has 2 heterocycles. The molecule has 5 nitrogen and oxygen atoms in total. The Kier molecular flexibility index (Phi) is 5.95. The summed E-state index contributed by atoms with van der Waals surface area (Å²) in [6.07, 6.45) is 4.59. The van der Waals surface area contributed by atoms with Crippen molar-refractivity contribution in [2.75, 3.05) is 18.8 Å². The standard InChI is InChI=1S/C6H12N2O.C5H6N2/c9-5-8-6-1-3-7-4-2-6;6-5-3-1-2-4-7-5/h5-7H,1-4H2,(H,8,9);1-4H,(H2,6,7). The molecule has 88 valence electrons. The highest BCUT2D eigenvalue weighted by molar-refractivity contribution is 5.46. The molecule has 1 aromatic heterocycles. The van der Waals surface area contributed by atoms with Crippen LogP contribution in [-0.4, -0.2) is 30.5 Å². The molecule has 1 aliphatic heterocycles. The Bertz CT molecular complexity index is 285. The van der Waals surface area contributed by atoms with Gasteiger partial charge >= 0.3 is 0 Å². The van der Waals surface area contributed by atoms with Gasteiger partial charge in [-0.25, -0.2) is 4.98 Å². The van der Waals surface area contributed by atoms with E-state index < -0.39 is 0 Å². The maximum absolute atomic E-state index is 9.94. The van der Waals surface area contributed by atoms with Crippen molar-refractivity contribution in [3.05, 3.63) is 24.4 Å². The predicted octanol–water partition coefficient (Wildman–Crippen LogP) is 0.148. The number of hydrogen-bond acceptors (Lipinski definition) is 4. The lowest BCUT2D eigenvalue weighted by atomic mass is 10.1. The SMILES string of the molecule is Nc1ccccn1.O=CNC1CCNCC1. The number of amides is 1. The van der Waals surface area contributed by atoms with E-state index in [0.29, 0.717) is 11.9 Å². The highest BCUT2D eigenvalue weighted by atomic mass is 16.1. The number of nitrogens with zero attached hydrogens (tertiary/aromatic N) is 1. The van der Waals surface area contributed by atoms with Crippen LogP contribution in [0.15, 0.2) is 24.4 Å². The van der Waals surface area contributed by atoms with Crippen LogP contribution in [0.25, 0.3) is 0 Å². The minimum atomic E-state index is 0.420. The number of nitrogen functional groups attached to an aromatic ring is 1. The molecule has 0 atom stereocenters. The Morgan fingerprint density at radius 2 is 2.19 bits per heavy atom. The van der Waals surface area contributed by atoms with Crippen LogP contribution in [0.4, 0.5) is 5.82 Å². The average Bonchev–Trinajstić information content (AvgIpc) is 2.33. The molecule has 1 fully saturated rings. The fourth-order valence-corrected chi connectivity index (χ4v) is 1.46. The van der Waals surface area contributed by atoms with Crippen molar-refractivity contribution in [2.24, 2.45) is 0 Å². The van der Waals surface area contributed by atoms with Gasteiger partial charge in [-0.15, -0.1) is 0 Å². The molecule has 0 aliphatic carbocycles. The van der Waals surface area contributed by atoms with Gasteiger partial charge in [0.1, 0.15) is 5.82 Å². The highest BCUT2D eigenvalue weighted by Crippen LogP contribution is 1.99. The summed E-state index contributed by atoms with van der Waals surface area (Å²) >= 11 is 0. The summed E-state index contributed by atoms with van der Waals surface area (Å²) in [4.78, 5) is 13.7. The molecule has 1 aromatic rings. The van der Waals surface area contributed by atoms with Crippen LogP contribution in [0.1, 0.15) is 12.8 Å². The van der Waals surface area contributed by atoms with E-state index in [1.807, 2.05) is 12.1 Å². The van der Waals surface area contributed by atoms with Gasteiger partial charge in [-0.05, 0) is 38.1 Å². The van der Waals surface area contributed by atoms with Gasteiger partial charge < -0.3 is 16.4 Å². The normalized spacial score (nSPS) is 15.8. The molecular weight excluding hydrogens is 204 g/mol. The van der Waals surface area contributed by atoms with E-state index in [-0.39, 0.29) is 0 Å². The van der Waals surface area contributed by atoms with Crippen molar-refractivity contribution >= 4 is 12.2 Å². The first kappa shape index (κ1) is 12.4. The topological polar surface area (TPSA) is 80.0 Å². The van der Waals surface area contributed by atoms with E-state index in [1.54, 1.807) is 12.3 Å². The molecule has 2 rings (SSSR count). The molecule has 0 unspecified atom stereocenters. The summed E-state index contributed by atoms with van der Waals surface area (Å²) in [5, 5.41) is 5.98. The number of rotatable bonds is 2. The Morgan fingerprint density at radius 3 is 2.62 bits per heavy atom. The first-order valence-electron chi connectivity index (χ1n) is 5.40. The van der Waals surface area contributed by atoms with E-state index in [4.69, 9.17) is 5.73 Å². The highest BCUT2D eigenvalue weighted by Gasteiger charge is 2.09. The lowest BCUT2D eigenvalue weighted by molar-refractivity contribution is -0.110. The van der Waals surface area contributed by atoms with Crippen LogP contribution >= 0.6 is 0 Å². The molecule has 0 saturated carbocycles. The van der Waals surface area contributed by atoms with Gasteiger partial charge in [0, 0.05) is 12.2 Å². The van der Waals surface area contributed by atoms with E-state index in [2.05, 4.69) is 15.6 Å². The number of pyridine rings is 1. The van der Waals surface area contributed by atoms with Gasteiger partial charge in [0.25, 0.3) is 0 Å². The minimum Gasteiger partial charge on any atom is -0.384 e. The fourth-order valence-electron chi connectivity index (χ4n) is 1.46. The zero-order chi connectivity index (χ0) is 11.6. The molecule has 0 spiro atoms. The number of aromatic nitrogens is 1. The van der Waals surface area contributed by atoms with Gasteiger partial charge in [0.05, 0.1) is 0 Å². The summed E-state index contributed by atoms with van der Waals surface area (Å²) < 4.78 is 0. The molecular formula is C11H18N4O. The number of anilines is 1. The molecule has 1 amide bonds. The molecule has 0 aromatic carbocycles. The molecule has 0 radical (unpaired) electrons. The van der Waals surface area contributed by atoms with Crippen molar-refractivity contribution < 1.29 is 4.79 Å². The van der Waals surface area contributed by atoms with Crippen LogP contribution in [-0.2, 0) is 4.79 Å². The maximum Gasteiger partial charge on any atom is 0.207 e. The van der Waals surface area contributed by atoms with Crippen LogP contribution in [0.3, 0.4) is 0 Å². The molecule has 16 heavy (non-hydrogen) atoms. The molecule has 1 saturated heterocycles. The van der Waals surface area contributed by atoms with Gasteiger partial charge in [-0.2, -0.15) is 0 Å².